The van der Waals surface area contributed by atoms with Gasteiger partial charge in [0.15, 0.2) is 0 Å². The second-order valence-corrected chi connectivity index (χ2v) is 2.85. The fraction of sp³-hybridized carbons (Fsp3) is 0.222. The average Bonchev–Trinajstić information content (AvgIpc) is 2.85. The first-order chi connectivity index (χ1) is 7.29. The largest absolute Gasteiger partial charge is 0.469 e. The molecule has 2 aromatic heterocycles. The van der Waals surface area contributed by atoms with Crippen LogP contribution in [0, 0.1) is 0 Å². The average molecular weight is 207 g/mol. The van der Waals surface area contributed by atoms with Crippen molar-refractivity contribution in [2.75, 3.05) is 7.11 Å². The van der Waals surface area contributed by atoms with E-state index in [2.05, 4.69) is 19.9 Å². The zero-order chi connectivity index (χ0) is 10.7. The molecule has 6 heteroatoms. The highest BCUT2D eigenvalue weighted by Gasteiger charge is 2.12. The van der Waals surface area contributed by atoms with Gasteiger partial charge in [-0.2, -0.15) is 4.98 Å². The van der Waals surface area contributed by atoms with Gasteiger partial charge in [-0.3, -0.25) is 4.79 Å². The van der Waals surface area contributed by atoms with Crippen LogP contribution >= 0.6 is 0 Å². The minimum absolute atomic E-state index is 0.00971. The highest BCUT2D eigenvalue weighted by molar-refractivity contribution is 5.71. The highest BCUT2D eigenvalue weighted by atomic mass is 16.5. The Morgan fingerprint density at radius 1 is 1.67 bits per heavy atom. The van der Waals surface area contributed by atoms with Crippen molar-refractivity contribution in [2.24, 2.45) is 0 Å². The molecule has 0 unspecified atom stereocenters. The molecule has 0 aliphatic rings. The SMILES string of the molecule is COC(=O)Cc1nc(-c2ccc[nH]2)no1. The lowest BCUT2D eigenvalue weighted by molar-refractivity contribution is -0.140. The lowest BCUT2D eigenvalue weighted by Gasteiger charge is -1.91. The molecule has 2 rings (SSSR count). The normalized spacial score (nSPS) is 10.2. The van der Waals surface area contributed by atoms with Crippen LogP contribution in [0.1, 0.15) is 5.89 Å². The maximum Gasteiger partial charge on any atom is 0.315 e. The minimum Gasteiger partial charge on any atom is -0.469 e. The third kappa shape index (κ3) is 2.04. The van der Waals surface area contributed by atoms with E-state index < -0.39 is 5.97 Å². The van der Waals surface area contributed by atoms with E-state index in [1.54, 1.807) is 6.20 Å². The lowest BCUT2D eigenvalue weighted by Crippen LogP contribution is -2.04. The number of nitrogens with one attached hydrogen (secondary N) is 1. The molecule has 0 saturated heterocycles. The summed E-state index contributed by atoms with van der Waals surface area (Å²) in [5, 5.41) is 3.72. The van der Waals surface area contributed by atoms with Gasteiger partial charge in [0.2, 0.25) is 11.7 Å². The molecule has 0 bridgehead atoms. The molecule has 0 aliphatic carbocycles. The summed E-state index contributed by atoms with van der Waals surface area (Å²) in [6.45, 7) is 0. The van der Waals surface area contributed by atoms with Gasteiger partial charge in [-0.05, 0) is 12.1 Å². The first-order valence-electron chi connectivity index (χ1n) is 4.33. The van der Waals surface area contributed by atoms with E-state index in [1.165, 1.54) is 7.11 Å². The summed E-state index contributed by atoms with van der Waals surface area (Å²) in [6, 6.07) is 3.64. The Kier molecular flexibility index (Phi) is 2.49. The van der Waals surface area contributed by atoms with Crippen molar-refractivity contribution >= 4 is 5.97 Å². The number of carbonyl (C=O) groups is 1. The van der Waals surface area contributed by atoms with E-state index in [0.717, 1.165) is 5.69 Å². The van der Waals surface area contributed by atoms with Gasteiger partial charge in [-0.15, -0.1) is 0 Å². The number of aromatic amines is 1. The van der Waals surface area contributed by atoms with E-state index in [1.807, 2.05) is 12.1 Å². The van der Waals surface area contributed by atoms with Gasteiger partial charge in [0.25, 0.3) is 0 Å². The number of ether oxygens (including phenoxy) is 1. The molecular formula is C9H9N3O3. The van der Waals surface area contributed by atoms with Crippen LogP contribution in [0.4, 0.5) is 0 Å². The van der Waals surface area contributed by atoms with Crippen LogP contribution in [0.5, 0.6) is 0 Å². The Morgan fingerprint density at radius 2 is 2.53 bits per heavy atom. The van der Waals surface area contributed by atoms with Gasteiger partial charge < -0.3 is 14.2 Å². The predicted octanol–water partition coefficient (Wildman–Crippen LogP) is 0.780. The summed E-state index contributed by atoms with van der Waals surface area (Å²) < 4.78 is 9.36. The number of aromatic nitrogens is 3. The van der Waals surface area contributed by atoms with Crippen molar-refractivity contribution in [3.63, 3.8) is 0 Å². The standard InChI is InChI=1S/C9H9N3O3/c1-14-8(13)5-7-11-9(12-15-7)6-3-2-4-10-6/h2-4,10H,5H2,1H3. The van der Waals surface area contributed by atoms with Gasteiger partial charge in [-0.25, -0.2) is 0 Å². The molecule has 0 fully saturated rings. The number of nitrogens with zero attached hydrogens (tertiary/aromatic N) is 2. The number of carbonyl (C=O) groups excluding carboxylic acids is 1. The number of hydrogen-bond acceptors (Lipinski definition) is 5. The molecule has 2 heterocycles. The molecule has 0 amide bonds. The Bertz CT molecular complexity index is 447. The van der Waals surface area contributed by atoms with Crippen molar-refractivity contribution in [1.82, 2.24) is 15.1 Å². The molecule has 0 aromatic carbocycles. The van der Waals surface area contributed by atoms with Crippen LogP contribution in [0.2, 0.25) is 0 Å². The molecule has 6 nitrogen and oxygen atoms in total. The number of H-pyrrole nitrogens is 1. The number of rotatable bonds is 3. The van der Waals surface area contributed by atoms with E-state index >= 15 is 0 Å². The van der Waals surface area contributed by atoms with Gasteiger partial charge in [0, 0.05) is 6.20 Å². The van der Waals surface area contributed by atoms with E-state index in [-0.39, 0.29) is 12.3 Å². The molecule has 2 aromatic rings. The Labute approximate surface area is 85.3 Å². The van der Waals surface area contributed by atoms with Crippen LogP contribution < -0.4 is 0 Å². The third-order valence-corrected chi connectivity index (χ3v) is 1.83. The number of methoxy groups -OCH3 is 1. The van der Waals surface area contributed by atoms with Gasteiger partial charge in [-0.1, -0.05) is 5.16 Å². The maximum absolute atomic E-state index is 10.9. The molecule has 0 aliphatic heterocycles. The molecule has 0 saturated carbocycles. The molecule has 15 heavy (non-hydrogen) atoms. The summed E-state index contributed by atoms with van der Waals surface area (Å²) in [5.74, 6) is 0.266. The molecule has 0 spiro atoms. The smallest absolute Gasteiger partial charge is 0.315 e. The lowest BCUT2D eigenvalue weighted by atomic mass is 10.4. The fourth-order valence-electron chi connectivity index (χ4n) is 1.10. The van der Waals surface area contributed by atoms with Crippen LogP contribution in [0.3, 0.4) is 0 Å². The summed E-state index contributed by atoms with van der Waals surface area (Å²) in [5.41, 5.74) is 0.745. The second-order valence-electron chi connectivity index (χ2n) is 2.85. The van der Waals surface area contributed by atoms with E-state index in [0.29, 0.717) is 5.82 Å². The van der Waals surface area contributed by atoms with Crippen molar-refractivity contribution in [3.8, 4) is 11.5 Å². The number of hydrogen-bond donors (Lipinski definition) is 1. The van der Waals surface area contributed by atoms with E-state index in [9.17, 15) is 4.79 Å². The van der Waals surface area contributed by atoms with Crippen LogP contribution in [-0.2, 0) is 16.0 Å². The zero-order valence-electron chi connectivity index (χ0n) is 8.06. The highest BCUT2D eigenvalue weighted by Crippen LogP contribution is 2.12. The molecule has 78 valence electrons. The first-order valence-corrected chi connectivity index (χ1v) is 4.33. The van der Waals surface area contributed by atoms with Crippen molar-refractivity contribution in [2.45, 2.75) is 6.42 Å². The molecule has 0 atom stereocenters. The maximum atomic E-state index is 10.9. The summed E-state index contributed by atoms with van der Waals surface area (Å²) in [7, 11) is 1.31. The third-order valence-electron chi connectivity index (χ3n) is 1.83. The van der Waals surface area contributed by atoms with Gasteiger partial charge in [0.05, 0.1) is 12.8 Å². The Hall–Kier alpha value is -2.11. The van der Waals surface area contributed by atoms with Crippen LogP contribution in [0.15, 0.2) is 22.9 Å². The van der Waals surface area contributed by atoms with Crippen LogP contribution in [-0.4, -0.2) is 28.2 Å². The molecular weight excluding hydrogens is 198 g/mol. The Balaban J connectivity index is 2.14. The van der Waals surface area contributed by atoms with Gasteiger partial charge in [0.1, 0.15) is 6.42 Å². The molecule has 0 radical (unpaired) electrons. The van der Waals surface area contributed by atoms with Crippen molar-refractivity contribution in [3.05, 3.63) is 24.2 Å². The topological polar surface area (TPSA) is 81.0 Å². The van der Waals surface area contributed by atoms with Gasteiger partial charge >= 0.3 is 5.97 Å². The predicted molar refractivity (Wildman–Crippen MR) is 49.8 cm³/mol. The summed E-state index contributed by atoms with van der Waals surface area (Å²) in [4.78, 5) is 17.9. The van der Waals surface area contributed by atoms with Crippen molar-refractivity contribution in [1.29, 1.82) is 0 Å². The summed E-state index contributed by atoms with van der Waals surface area (Å²) in [6.07, 6.45) is 1.75. The number of esters is 1. The summed E-state index contributed by atoms with van der Waals surface area (Å²) >= 11 is 0. The quantitative estimate of drug-likeness (QED) is 0.752. The van der Waals surface area contributed by atoms with Crippen LogP contribution in [0.25, 0.3) is 11.5 Å². The second kappa shape index (κ2) is 3.95. The molecule has 1 N–H and O–H groups in total. The fourth-order valence-corrected chi connectivity index (χ4v) is 1.10. The monoisotopic (exact) mass is 207 g/mol. The first kappa shape index (κ1) is 9.45. The van der Waals surface area contributed by atoms with E-state index in [4.69, 9.17) is 4.52 Å². The zero-order valence-corrected chi connectivity index (χ0v) is 8.06. The van der Waals surface area contributed by atoms with Crippen molar-refractivity contribution < 1.29 is 14.1 Å². The minimum atomic E-state index is -0.406. The Morgan fingerprint density at radius 3 is 3.20 bits per heavy atom.